The zero-order valence-electron chi connectivity index (χ0n) is 7.82. The Bertz CT molecular complexity index is 256. The SMILES string of the molecule is COC(=O)CN(C)Cc1ccoc1. The molecule has 1 aromatic heterocycles. The van der Waals surface area contributed by atoms with Crippen LogP contribution >= 0.6 is 0 Å². The van der Waals surface area contributed by atoms with Crippen molar-refractivity contribution < 1.29 is 13.9 Å². The Hall–Kier alpha value is -1.29. The molecule has 0 fully saturated rings. The van der Waals surface area contributed by atoms with Crippen LogP contribution in [0.3, 0.4) is 0 Å². The first-order valence-electron chi connectivity index (χ1n) is 3.99. The Morgan fingerprint density at radius 3 is 3.00 bits per heavy atom. The van der Waals surface area contributed by atoms with Gasteiger partial charge in [0, 0.05) is 12.1 Å². The van der Waals surface area contributed by atoms with Gasteiger partial charge in [-0.2, -0.15) is 0 Å². The van der Waals surface area contributed by atoms with Crippen LogP contribution in [0.25, 0.3) is 0 Å². The van der Waals surface area contributed by atoms with E-state index < -0.39 is 0 Å². The van der Waals surface area contributed by atoms with E-state index in [4.69, 9.17) is 4.42 Å². The van der Waals surface area contributed by atoms with E-state index in [1.165, 1.54) is 7.11 Å². The van der Waals surface area contributed by atoms with Crippen molar-refractivity contribution in [2.45, 2.75) is 6.54 Å². The lowest BCUT2D eigenvalue weighted by Gasteiger charge is -2.13. The first kappa shape index (κ1) is 9.80. The van der Waals surface area contributed by atoms with Crippen molar-refractivity contribution in [1.29, 1.82) is 0 Å². The number of esters is 1. The van der Waals surface area contributed by atoms with E-state index in [1.54, 1.807) is 12.5 Å². The quantitative estimate of drug-likeness (QED) is 0.650. The highest BCUT2D eigenvalue weighted by atomic mass is 16.5. The summed E-state index contributed by atoms with van der Waals surface area (Å²) in [5, 5.41) is 0. The molecule has 13 heavy (non-hydrogen) atoms. The predicted molar refractivity (Wildman–Crippen MR) is 47.1 cm³/mol. The van der Waals surface area contributed by atoms with Crippen LogP contribution in [-0.2, 0) is 16.1 Å². The van der Waals surface area contributed by atoms with Gasteiger partial charge in [-0.3, -0.25) is 9.69 Å². The van der Waals surface area contributed by atoms with E-state index in [0.29, 0.717) is 13.1 Å². The first-order valence-corrected chi connectivity index (χ1v) is 3.99. The lowest BCUT2D eigenvalue weighted by Crippen LogP contribution is -2.26. The minimum Gasteiger partial charge on any atom is -0.472 e. The van der Waals surface area contributed by atoms with Crippen LogP contribution in [0.4, 0.5) is 0 Å². The van der Waals surface area contributed by atoms with Crippen LogP contribution in [-0.4, -0.2) is 31.6 Å². The van der Waals surface area contributed by atoms with Crippen LogP contribution in [0.1, 0.15) is 5.56 Å². The molecule has 0 unspecified atom stereocenters. The molecule has 1 heterocycles. The number of hydrogen-bond acceptors (Lipinski definition) is 4. The van der Waals surface area contributed by atoms with Gasteiger partial charge in [-0.05, 0) is 13.1 Å². The molecule has 0 aromatic carbocycles. The number of furan rings is 1. The molecule has 0 aliphatic heterocycles. The number of methoxy groups -OCH3 is 1. The third-order valence-corrected chi connectivity index (χ3v) is 1.66. The lowest BCUT2D eigenvalue weighted by molar-refractivity contribution is -0.141. The Morgan fingerprint density at radius 2 is 2.46 bits per heavy atom. The molecule has 72 valence electrons. The molecule has 0 aliphatic rings. The van der Waals surface area contributed by atoms with E-state index in [9.17, 15) is 4.79 Å². The number of carbonyl (C=O) groups is 1. The topological polar surface area (TPSA) is 42.7 Å². The van der Waals surface area contributed by atoms with Gasteiger partial charge in [0.15, 0.2) is 0 Å². The maximum absolute atomic E-state index is 10.9. The zero-order chi connectivity index (χ0) is 9.68. The Kier molecular flexibility index (Phi) is 3.52. The smallest absolute Gasteiger partial charge is 0.319 e. The van der Waals surface area contributed by atoms with Gasteiger partial charge in [0.2, 0.25) is 0 Å². The normalized spacial score (nSPS) is 10.4. The number of ether oxygens (including phenoxy) is 1. The second-order valence-electron chi connectivity index (χ2n) is 2.88. The van der Waals surface area contributed by atoms with Crippen LogP contribution in [0, 0.1) is 0 Å². The molecule has 0 saturated heterocycles. The summed E-state index contributed by atoms with van der Waals surface area (Å²) in [6.07, 6.45) is 3.27. The summed E-state index contributed by atoms with van der Waals surface area (Å²) in [4.78, 5) is 12.7. The number of hydrogen-bond donors (Lipinski definition) is 0. The fourth-order valence-electron chi connectivity index (χ4n) is 1.04. The van der Waals surface area contributed by atoms with Gasteiger partial charge in [-0.25, -0.2) is 0 Å². The van der Waals surface area contributed by atoms with Gasteiger partial charge < -0.3 is 9.15 Å². The van der Waals surface area contributed by atoms with E-state index >= 15 is 0 Å². The molecule has 0 aliphatic carbocycles. The van der Waals surface area contributed by atoms with Gasteiger partial charge in [0.1, 0.15) is 0 Å². The standard InChI is InChI=1S/C9H13NO3/c1-10(6-9(11)12-2)5-8-3-4-13-7-8/h3-4,7H,5-6H2,1-2H3. The largest absolute Gasteiger partial charge is 0.472 e. The molecule has 0 bridgehead atoms. The maximum Gasteiger partial charge on any atom is 0.319 e. The highest BCUT2D eigenvalue weighted by Gasteiger charge is 2.06. The molecular weight excluding hydrogens is 170 g/mol. The van der Waals surface area contributed by atoms with E-state index in [1.807, 2.05) is 18.0 Å². The molecular formula is C9H13NO3. The van der Waals surface area contributed by atoms with Crippen molar-refractivity contribution >= 4 is 5.97 Å². The summed E-state index contributed by atoms with van der Waals surface area (Å²) in [6, 6.07) is 1.87. The third kappa shape index (κ3) is 3.29. The van der Waals surface area contributed by atoms with Gasteiger partial charge in [-0.1, -0.05) is 0 Å². The monoisotopic (exact) mass is 183 g/mol. The number of rotatable bonds is 4. The molecule has 0 saturated carbocycles. The van der Waals surface area contributed by atoms with Crippen molar-refractivity contribution in [3.8, 4) is 0 Å². The fourth-order valence-corrected chi connectivity index (χ4v) is 1.04. The predicted octanol–water partition coefficient (Wildman–Crippen LogP) is 0.884. The van der Waals surface area contributed by atoms with E-state index in [0.717, 1.165) is 5.56 Å². The van der Waals surface area contributed by atoms with Crippen molar-refractivity contribution in [1.82, 2.24) is 4.90 Å². The van der Waals surface area contributed by atoms with Crippen molar-refractivity contribution in [2.24, 2.45) is 0 Å². The maximum atomic E-state index is 10.9. The van der Waals surface area contributed by atoms with Gasteiger partial charge in [0.25, 0.3) is 0 Å². The molecule has 0 N–H and O–H groups in total. The molecule has 1 rings (SSSR count). The molecule has 1 aromatic rings. The van der Waals surface area contributed by atoms with Gasteiger partial charge in [-0.15, -0.1) is 0 Å². The van der Waals surface area contributed by atoms with E-state index in [2.05, 4.69) is 4.74 Å². The van der Waals surface area contributed by atoms with Crippen molar-refractivity contribution in [3.63, 3.8) is 0 Å². The Morgan fingerprint density at radius 1 is 1.69 bits per heavy atom. The second-order valence-corrected chi connectivity index (χ2v) is 2.88. The Labute approximate surface area is 77.1 Å². The van der Waals surface area contributed by atoms with Gasteiger partial charge >= 0.3 is 5.97 Å². The number of carbonyl (C=O) groups excluding carboxylic acids is 1. The van der Waals surface area contributed by atoms with Crippen LogP contribution in [0.15, 0.2) is 23.0 Å². The minimum atomic E-state index is -0.231. The summed E-state index contributed by atoms with van der Waals surface area (Å²) >= 11 is 0. The van der Waals surface area contributed by atoms with Crippen LogP contribution < -0.4 is 0 Å². The van der Waals surface area contributed by atoms with Gasteiger partial charge in [0.05, 0.1) is 26.2 Å². The van der Waals surface area contributed by atoms with Crippen LogP contribution in [0.5, 0.6) is 0 Å². The molecule has 0 amide bonds. The minimum absolute atomic E-state index is 0.231. The Balaban J connectivity index is 2.33. The summed E-state index contributed by atoms with van der Waals surface area (Å²) in [5.41, 5.74) is 1.05. The molecule has 4 nitrogen and oxygen atoms in total. The number of nitrogens with zero attached hydrogens (tertiary/aromatic N) is 1. The average Bonchev–Trinajstić information content (AvgIpc) is 2.56. The van der Waals surface area contributed by atoms with Crippen molar-refractivity contribution in [3.05, 3.63) is 24.2 Å². The fraction of sp³-hybridized carbons (Fsp3) is 0.444. The highest BCUT2D eigenvalue weighted by molar-refractivity contribution is 5.71. The first-order chi connectivity index (χ1) is 6.22. The zero-order valence-corrected chi connectivity index (χ0v) is 7.82. The molecule has 0 spiro atoms. The number of likely N-dealkylation sites (N-methyl/N-ethyl adjacent to an activating group) is 1. The highest BCUT2D eigenvalue weighted by Crippen LogP contribution is 2.03. The average molecular weight is 183 g/mol. The lowest BCUT2D eigenvalue weighted by atomic mass is 10.3. The summed E-state index contributed by atoms with van der Waals surface area (Å²) < 4.78 is 9.44. The van der Waals surface area contributed by atoms with E-state index in [-0.39, 0.29) is 5.97 Å². The van der Waals surface area contributed by atoms with Crippen molar-refractivity contribution in [2.75, 3.05) is 20.7 Å². The summed E-state index contributed by atoms with van der Waals surface area (Å²) in [5.74, 6) is -0.231. The molecule has 4 heteroatoms. The third-order valence-electron chi connectivity index (χ3n) is 1.66. The summed E-state index contributed by atoms with van der Waals surface area (Å²) in [7, 11) is 3.23. The second kappa shape index (κ2) is 4.67. The molecule has 0 atom stereocenters. The van der Waals surface area contributed by atoms with Crippen LogP contribution in [0.2, 0.25) is 0 Å². The summed E-state index contributed by atoms with van der Waals surface area (Å²) in [6.45, 7) is 0.979. The molecule has 0 radical (unpaired) electrons.